The Kier molecular flexibility index (Phi) is 5.84. The van der Waals surface area contributed by atoms with Crippen LogP contribution in [0.3, 0.4) is 0 Å². The van der Waals surface area contributed by atoms with Crippen LogP contribution in [0.15, 0.2) is 0 Å². The maximum absolute atomic E-state index is 11.6. The minimum atomic E-state index is -3.00. The van der Waals surface area contributed by atoms with Crippen LogP contribution in [0.25, 0.3) is 0 Å². The number of rotatable bonds is 6. The monoisotopic (exact) mass is 232 g/mol. The molecule has 0 saturated carbocycles. The zero-order valence-corrected chi connectivity index (χ0v) is 10.7. The molecule has 4 nitrogen and oxygen atoms in total. The van der Waals surface area contributed by atoms with Crippen LogP contribution in [0.2, 0.25) is 0 Å². The molecule has 0 fully saturated rings. The van der Waals surface area contributed by atoms with E-state index in [-0.39, 0.29) is 23.6 Å². The molecule has 0 unspecified atom stereocenters. The van der Waals surface area contributed by atoms with E-state index in [0.29, 0.717) is 6.54 Å². The Balaban J connectivity index is 4.30. The first-order valence-corrected chi connectivity index (χ1v) is 6.85. The van der Waals surface area contributed by atoms with Crippen molar-refractivity contribution in [3.8, 4) is 6.07 Å². The van der Waals surface area contributed by atoms with Crippen molar-refractivity contribution in [3.05, 3.63) is 0 Å². The second-order valence-electron chi connectivity index (χ2n) is 4.14. The Bertz CT molecular complexity index is 315. The van der Waals surface area contributed by atoms with Crippen molar-refractivity contribution in [1.29, 1.82) is 5.26 Å². The van der Waals surface area contributed by atoms with Gasteiger partial charge in [-0.2, -0.15) is 5.26 Å². The summed E-state index contributed by atoms with van der Waals surface area (Å²) in [5, 5.41) is 8.24. The summed E-state index contributed by atoms with van der Waals surface area (Å²) in [7, 11) is -3.00. The summed E-state index contributed by atoms with van der Waals surface area (Å²) < 4.78 is 23.1. The van der Waals surface area contributed by atoms with Gasteiger partial charge in [-0.25, -0.2) is 8.42 Å². The van der Waals surface area contributed by atoms with Gasteiger partial charge in [0, 0.05) is 12.6 Å². The normalized spacial score (nSPS) is 12.4. The summed E-state index contributed by atoms with van der Waals surface area (Å²) in [6, 6.07) is 2.25. The van der Waals surface area contributed by atoms with Gasteiger partial charge in [-0.3, -0.25) is 4.90 Å². The second kappa shape index (κ2) is 6.09. The Morgan fingerprint density at radius 1 is 1.27 bits per heavy atom. The first-order chi connectivity index (χ1) is 6.81. The van der Waals surface area contributed by atoms with Crippen LogP contribution in [0.1, 0.15) is 27.7 Å². The average molecular weight is 232 g/mol. The fraction of sp³-hybridized carbons (Fsp3) is 0.900. The lowest BCUT2D eigenvalue weighted by molar-refractivity contribution is 0.263. The van der Waals surface area contributed by atoms with Gasteiger partial charge >= 0.3 is 0 Å². The Hall–Kier alpha value is -0.600. The molecule has 0 spiro atoms. The molecule has 0 aliphatic rings. The van der Waals surface area contributed by atoms with Crippen LogP contribution < -0.4 is 0 Å². The van der Waals surface area contributed by atoms with Crippen molar-refractivity contribution in [3.63, 3.8) is 0 Å². The zero-order chi connectivity index (χ0) is 12.1. The molecular formula is C10H20N2O2S. The standard InChI is InChI=1S/C10H20N2O2S/c1-9(2)12(6-5-11)7-8-15(13,14)10(3)4/h9-10H,6-8H2,1-4H3. The molecule has 0 atom stereocenters. The number of nitriles is 1. The molecule has 0 bridgehead atoms. The third-order valence-corrected chi connectivity index (χ3v) is 4.57. The van der Waals surface area contributed by atoms with Gasteiger partial charge in [-0.05, 0) is 27.7 Å². The van der Waals surface area contributed by atoms with E-state index in [4.69, 9.17) is 5.26 Å². The molecule has 0 aliphatic heterocycles. The van der Waals surface area contributed by atoms with Gasteiger partial charge in [0.25, 0.3) is 0 Å². The summed E-state index contributed by atoms with van der Waals surface area (Å²) in [5.74, 6) is 0.129. The van der Waals surface area contributed by atoms with E-state index in [1.54, 1.807) is 13.8 Å². The van der Waals surface area contributed by atoms with E-state index in [1.165, 1.54) is 0 Å². The molecule has 0 saturated heterocycles. The summed E-state index contributed by atoms with van der Waals surface area (Å²) in [5.41, 5.74) is 0. The van der Waals surface area contributed by atoms with Gasteiger partial charge in [-0.1, -0.05) is 0 Å². The van der Waals surface area contributed by atoms with Crippen molar-refractivity contribution in [2.24, 2.45) is 0 Å². The fourth-order valence-electron chi connectivity index (χ4n) is 1.09. The summed E-state index contributed by atoms with van der Waals surface area (Å²) >= 11 is 0. The highest BCUT2D eigenvalue weighted by molar-refractivity contribution is 7.92. The van der Waals surface area contributed by atoms with Gasteiger partial charge in [0.2, 0.25) is 0 Å². The molecule has 0 aliphatic carbocycles. The van der Waals surface area contributed by atoms with Crippen LogP contribution in [-0.2, 0) is 9.84 Å². The van der Waals surface area contributed by atoms with Gasteiger partial charge in [0.15, 0.2) is 9.84 Å². The third-order valence-electron chi connectivity index (χ3n) is 2.39. The quantitative estimate of drug-likeness (QED) is 0.642. The molecule has 0 aromatic rings. The molecule has 0 amide bonds. The maximum Gasteiger partial charge on any atom is 0.153 e. The van der Waals surface area contributed by atoms with Gasteiger partial charge < -0.3 is 0 Å². The Morgan fingerprint density at radius 2 is 1.80 bits per heavy atom. The zero-order valence-electron chi connectivity index (χ0n) is 9.90. The second-order valence-corrected chi connectivity index (χ2v) is 6.81. The number of sulfone groups is 1. The summed E-state index contributed by atoms with van der Waals surface area (Å²) in [6.45, 7) is 7.99. The molecule has 88 valence electrons. The van der Waals surface area contributed by atoms with Crippen LogP contribution >= 0.6 is 0 Å². The Labute approximate surface area is 92.8 Å². The molecule has 15 heavy (non-hydrogen) atoms. The van der Waals surface area contributed by atoms with Crippen molar-refractivity contribution in [1.82, 2.24) is 4.90 Å². The van der Waals surface area contributed by atoms with E-state index >= 15 is 0 Å². The largest absolute Gasteiger partial charge is 0.287 e. The topological polar surface area (TPSA) is 61.2 Å². The molecule has 0 radical (unpaired) electrons. The van der Waals surface area contributed by atoms with Crippen molar-refractivity contribution in [2.45, 2.75) is 39.0 Å². The van der Waals surface area contributed by atoms with Crippen LogP contribution in [0.5, 0.6) is 0 Å². The highest BCUT2D eigenvalue weighted by Crippen LogP contribution is 2.04. The van der Waals surface area contributed by atoms with E-state index < -0.39 is 9.84 Å². The van der Waals surface area contributed by atoms with Crippen LogP contribution in [0.4, 0.5) is 0 Å². The number of hydrogen-bond donors (Lipinski definition) is 0. The molecule has 0 N–H and O–H groups in total. The van der Waals surface area contributed by atoms with Crippen LogP contribution in [-0.4, -0.2) is 43.5 Å². The van der Waals surface area contributed by atoms with Crippen molar-refractivity contribution >= 4 is 9.84 Å². The first-order valence-electron chi connectivity index (χ1n) is 5.13. The van der Waals surface area contributed by atoms with E-state index in [1.807, 2.05) is 24.8 Å². The van der Waals surface area contributed by atoms with Crippen LogP contribution in [0, 0.1) is 11.3 Å². The average Bonchev–Trinajstić information content (AvgIpc) is 2.11. The molecule has 0 rings (SSSR count). The maximum atomic E-state index is 11.6. The van der Waals surface area contributed by atoms with Gasteiger partial charge in [-0.15, -0.1) is 0 Å². The Morgan fingerprint density at radius 3 is 2.13 bits per heavy atom. The number of hydrogen-bond acceptors (Lipinski definition) is 4. The highest BCUT2D eigenvalue weighted by Gasteiger charge is 2.18. The summed E-state index contributed by atoms with van der Waals surface area (Å²) in [6.07, 6.45) is 0. The fourth-order valence-corrected chi connectivity index (χ4v) is 2.05. The molecule has 0 aromatic heterocycles. The molecule has 5 heteroatoms. The lowest BCUT2D eigenvalue weighted by Crippen LogP contribution is -2.36. The molecule has 0 heterocycles. The smallest absolute Gasteiger partial charge is 0.153 e. The van der Waals surface area contributed by atoms with Gasteiger partial charge in [0.1, 0.15) is 0 Å². The summed E-state index contributed by atoms with van der Waals surface area (Å²) in [4.78, 5) is 1.86. The highest BCUT2D eigenvalue weighted by atomic mass is 32.2. The predicted octanol–water partition coefficient (Wildman–Crippen LogP) is 1.04. The molecular weight excluding hydrogens is 212 g/mol. The van der Waals surface area contributed by atoms with E-state index in [2.05, 4.69) is 0 Å². The SMILES string of the molecule is CC(C)N(CC#N)CCS(=O)(=O)C(C)C. The van der Waals surface area contributed by atoms with E-state index in [9.17, 15) is 8.42 Å². The third kappa shape index (κ3) is 5.14. The van der Waals surface area contributed by atoms with Gasteiger partial charge in [0.05, 0.1) is 23.6 Å². The predicted molar refractivity (Wildman–Crippen MR) is 61.2 cm³/mol. The minimum Gasteiger partial charge on any atom is -0.287 e. The number of nitrogens with zero attached hydrogens (tertiary/aromatic N) is 2. The lowest BCUT2D eigenvalue weighted by atomic mass is 10.3. The molecule has 0 aromatic carbocycles. The van der Waals surface area contributed by atoms with E-state index in [0.717, 1.165) is 0 Å². The lowest BCUT2D eigenvalue weighted by Gasteiger charge is -2.23. The van der Waals surface area contributed by atoms with Crippen molar-refractivity contribution < 1.29 is 8.42 Å². The first kappa shape index (κ1) is 14.4. The minimum absolute atomic E-state index is 0.129. The van der Waals surface area contributed by atoms with Crippen molar-refractivity contribution in [2.75, 3.05) is 18.8 Å².